The van der Waals surface area contributed by atoms with E-state index in [-0.39, 0.29) is 42.1 Å². The number of para-hydroxylation sites is 1. The van der Waals surface area contributed by atoms with Gasteiger partial charge >= 0.3 is 0 Å². The first-order valence-corrected chi connectivity index (χ1v) is 13.0. The monoisotopic (exact) mass is 532 g/mol. The number of anilines is 3. The highest BCUT2D eigenvalue weighted by atomic mass is 32.2. The van der Waals surface area contributed by atoms with Crippen molar-refractivity contribution in [2.24, 2.45) is 5.92 Å². The van der Waals surface area contributed by atoms with Crippen LogP contribution < -0.4 is 25.4 Å². The van der Waals surface area contributed by atoms with Crippen LogP contribution in [0.1, 0.15) is 27.4 Å². The van der Waals surface area contributed by atoms with Crippen molar-refractivity contribution in [1.29, 1.82) is 0 Å². The van der Waals surface area contributed by atoms with Crippen molar-refractivity contribution in [1.82, 2.24) is 35.2 Å². The highest BCUT2D eigenvalue weighted by Crippen LogP contribution is 2.37. The van der Waals surface area contributed by atoms with Gasteiger partial charge in [-0.3, -0.25) is 9.59 Å². The molecule has 1 aromatic carbocycles. The van der Waals surface area contributed by atoms with E-state index in [0.29, 0.717) is 22.7 Å². The van der Waals surface area contributed by atoms with Gasteiger partial charge in [-0.05, 0) is 25.0 Å². The lowest BCUT2D eigenvalue weighted by Gasteiger charge is -2.16. The number of hydrogen-bond donors (Lipinski definition) is 4. The third-order valence-corrected chi connectivity index (χ3v) is 6.03. The third-order valence-electron chi connectivity index (χ3n) is 5.30. The lowest BCUT2D eigenvalue weighted by atomic mass is 10.1. The van der Waals surface area contributed by atoms with Crippen LogP contribution in [0.25, 0.3) is 11.3 Å². The number of hydrogen-bond acceptors (Lipinski definition) is 10. The Morgan fingerprint density at radius 3 is 2.76 bits per heavy atom. The van der Waals surface area contributed by atoms with Crippen LogP contribution in [0.2, 0.25) is 0 Å². The molecule has 1 fully saturated rings. The second kappa shape index (κ2) is 10.9. The maximum absolute atomic E-state index is 12.7. The van der Waals surface area contributed by atoms with Crippen LogP contribution in [-0.4, -0.2) is 72.3 Å². The Balaban J connectivity index is 1.64. The lowest BCUT2D eigenvalue weighted by molar-refractivity contribution is -0.117. The number of carbonyl (C=O) groups is 2. The zero-order chi connectivity index (χ0) is 29.1. The van der Waals surface area contributed by atoms with Crippen LogP contribution in [0.5, 0.6) is 5.75 Å². The predicted octanol–water partition coefficient (Wildman–Crippen LogP) is 0.745. The minimum atomic E-state index is -3.36. The Bertz CT molecular complexity index is 1520. The van der Waals surface area contributed by atoms with E-state index in [1.165, 1.54) is 24.2 Å². The van der Waals surface area contributed by atoms with Crippen LogP contribution in [0.15, 0.2) is 30.5 Å². The van der Waals surface area contributed by atoms with Crippen LogP contribution in [0, 0.1) is 5.92 Å². The van der Waals surface area contributed by atoms with E-state index >= 15 is 0 Å². The summed E-state index contributed by atoms with van der Waals surface area (Å²) in [6, 6.07) is 6.44. The molecule has 2 aromatic heterocycles. The fourth-order valence-corrected chi connectivity index (χ4v) is 3.87. The molecule has 196 valence electrons. The summed E-state index contributed by atoms with van der Waals surface area (Å²) in [7, 11) is -1.93. The van der Waals surface area contributed by atoms with Gasteiger partial charge in [0.25, 0.3) is 5.91 Å². The molecule has 3 aromatic rings. The number of carbonyl (C=O) groups excluding carboxylic acids is 2. The summed E-state index contributed by atoms with van der Waals surface area (Å²) >= 11 is 0. The molecule has 0 saturated heterocycles. The molecular weight excluding hydrogens is 502 g/mol. The molecule has 1 aliphatic carbocycles. The fourth-order valence-electron chi connectivity index (χ4n) is 3.41. The number of methoxy groups -OCH3 is 1. The molecule has 1 saturated carbocycles. The van der Waals surface area contributed by atoms with Gasteiger partial charge in [-0.2, -0.15) is 15.0 Å². The van der Waals surface area contributed by atoms with Gasteiger partial charge in [0.15, 0.2) is 17.3 Å². The van der Waals surface area contributed by atoms with Gasteiger partial charge in [0.05, 0.1) is 37.5 Å². The normalized spacial score (nSPS) is 14.7. The number of ether oxygens (including phenoxy) is 1. The third kappa shape index (κ3) is 6.56. The van der Waals surface area contributed by atoms with Crippen LogP contribution in [0.3, 0.4) is 0 Å². The SMILES string of the molecule is [2H]C([2H])([2H])NC(=O)c1nnc(NC(=O)C2CC2)cc1Nc1cccc(-c2cnn(CCNS(C)(=O)=O)n2)c1OC. The van der Waals surface area contributed by atoms with Crippen molar-refractivity contribution in [3.8, 4) is 17.0 Å². The van der Waals surface area contributed by atoms with Gasteiger partial charge in [-0.25, -0.2) is 13.1 Å². The standard InChI is InChI=1S/C22H27N9O5S/c1-23-22(33)19-16(11-18(28-29-19)27-21(32)13-7-8-13)26-15-6-4-5-14(20(15)36-2)17-12-24-31(30-17)10-9-25-37(3,34)35/h4-6,11-13,25H,7-10H2,1-3H3,(H,23,33)(H2,26,27,28,32)/i1D3. The number of aromatic nitrogens is 5. The zero-order valence-corrected chi connectivity index (χ0v) is 20.8. The molecule has 2 amide bonds. The van der Waals surface area contributed by atoms with Gasteiger partial charge in [0, 0.05) is 35.2 Å². The molecule has 4 rings (SSSR count). The number of rotatable bonds is 11. The predicted molar refractivity (Wildman–Crippen MR) is 135 cm³/mol. The molecule has 0 aliphatic heterocycles. The van der Waals surface area contributed by atoms with E-state index in [9.17, 15) is 18.0 Å². The molecule has 14 nitrogen and oxygen atoms in total. The summed E-state index contributed by atoms with van der Waals surface area (Å²) in [6.45, 7) is -2.48. The Labute approximate surface area is 217 Å². The maximum atomic E-state index is 12.7. The molecule has 0 spiro atoms. The largest absolute Gasteiger partial charge is 0.494 e. The van der Waals surface area contributed by atoms with Crippen molar-refractivity contribution >= 4 is 39.0 Å². The first-order chi connectivity index (χ1) is 18.8. The van der Waals surface area contributed by atoms with E-state index in [1.807, 2.05) is 5.32 Å². The first kappa shape index (κ1) is 22.1. The molecule has 15 heteroatoms. The van der Waals surface area contributed by atoms with Crippen molar-refractivity contribution in [3.63, 3.8) is 0 Å². The molecular formula is C22H27N9O5S. The Morgan fingerprint density at radius 2 is 2.05 bits per heavy atom. The quantitative estimate of drug-likeness (QED) is 0.275. The smallest absolute Gasteiger partial charge is 0.273 e. The van der Waals surface area contributed by atoms with Crippen LogP contribution in [-0.2, 0) is 21.4 Å². The number of sulfonamides is 1. The average Bonchev–Trinajstić information content (AvgIpc) is 3.61. The van der Waals surface area contributed by atoms with Gasteiger partial charge < -0.3 is 20.7 Å². The summed E-state index contributed by atoms with van der Waals surface area (Å²) in [5.41, 5.74) is 1.05. The van der Waals surface area contributed by atoms with Crippen molar-refractivity contribution in [3.05, 3.63) is 36.2 Å². The molecule has 37 heavy (non-hydrogen) atoms. The average molecular weight is 533 g/mol. The minimum Gasteiger partial charge on any atom is -0.494 e. The van der Waals surface area contributed by atoms with E-state index < -0.39 is 22.9 Å². The molecule has 1 aliphatic rings. The molecule has 2 heterocycles. The first-order valence-electron chi connectivity index (χ1n) is 12.6. The molecule has 4 N–H and O–H groups in total. The van der Waals surface area contributed by atoms with E-state index in [4.69, 9.17) is 8.85 Å². The number of amides is 2. The fraction of sp³-hybridized carbons (Fsp3) is 0.364. The number of nitrogens with zero attached hydrogens (tertiary/aromatic N) is 5. The molecule has 0 bridgehead atoms. The summed E-state index contributed by atoms with van der Waals surface area (Å²) in [6.07, 6.45) is 4.08. The second-order valence-corrected chi connectivity index (χ2v) is 10.0. The highest BCUT2D eigenvalue weighted by Gasteiger charge is 2.30. The number of benzene rings is 1. The van der Waals surface area contributed by atoms with Gasteiger partial charge in [0.1, 0.15) is 5.69 Å². The Morgan fingerprint density at radius 1 is 1.24 bits per heavy atom. The van der Waals surface area contributed by atoms with E-state index in [0.717, 1.165) is 19.1 Å². The summed E-state index contributed by atoms with van der Waals surface area (Å²) in [4.78, 5) is 26.3. The van der Waals surface area contributed by atoms with E-state index in [1.54, 1.807) is 18.2 Å². The molecule has 0 unspecified atom stereocenters. The van der Waals surface area contributed by atoms with Crippen molar-refractivity contribution in [2.45, 2.75) is 19.4 Å². The van der Waals surface area contributed by atoms with Crippen LogP contribution >= 0.6 is 0 Å². The summed E-state index contributed by atoms with van der Waals surface area (Å²) in [5, 5.41) is 23.8. The van der Waals surface area contributed by atoms with Crippen molar-refractivity contribution < 1.29 is 26.9 Å². The van der Waals surface area contributed by atoms with Gasteiger partial charge in [0.2, 0.25) is 15.9 Å². The zero-order valence-electron chi connectivity index (χ0n) is 23.0. The Kier molecular flexibility index (Phi) is 6.50. The van der Waals surface area contributed by atoms with Gasteiger partial charge in [-0.15, -0.1) is 10.2 Å². The maximum Gasteiger partial charge on any atom is 0.273 e. The summed E-state index contributed by atoms with van der Waals surface area (Å²) < 4.78 is 52.7. The van der Waals surface area contributed by atoms with Gasteiger partial charge in [-0.1, -0.05) is 6.07 Å². The van der Waals surface area contributed by atoms with Crippen LogP contribution in [0.4, 0.5) is 17.2 Å². The van der Waals surface area contributed by atoms with Crippen molar-refractivity contribution in [2.75, 3.05) is 37.5 Å². The molecule has 0 atom stereocenters. The highest BCUT2D eigenvalue weighted by molar-refractivity contribution is 7.88. The lowest BCUT2D eigenvalue weighted by Crippen LogP contribution is -2.26. The topological polar surface area (TPSA) is 182 Å². The molecule has 0 radical (unpaired) electrons. The second-order valence-electron chi connectivity index (χ2n) is 8.21. The van der Waals surface area contributed by atoms with E-state index in [2.05, 4.69) is 35.8 Å². The summed E-state index contributed by atoms with van der Waals surface area (Å²) in [5.74, 6) is -0.953. The number of nitrogens with one attached hydrogen (secondary N) is 4. The Hall–Kier alpha value is -4.11. The minimum absolute atomic E-state index is 0.0637.